The SMILES string of the molecule is CCCC1SCC(CC)NC1=O. The van der Waals surface area contributed by atoms with Crippen molar-refractivity contribution >= 4 is 17.7 Å². The first-order valence-corrected chi connectivity index (χ1v) is 5.74. The zero-order valence-electron chi connectivity index (χ0n) is 7.80. The van der Waals surface area contributed by atoms with E-state index >= 15 is 0 Å². The molecule has 2 unspecified atom stereocenters. The highest BCUT2D eigenvalue weighted by atomic mass is 32.2. The summed E-state index contributed by atoms with van der Waals surface area (Å²) in [6.45, 7) is 4.24. The monoisotopic (exact) mass is 187 g/mol. The Morgan fingerprint density at radius 3 is 2.83 bits per heavy atom. The molecular formula is C9H17NOS. The summed E-state index contributed by atoms with van der Waals surface area (Å²) in [5.74, 6) is 1.34. The lowest BCUT2D eigenvalue weighted by Gasteiger charge is -2.27. The molecule has 0 aromatic rings. The van der Waals surface area contributed by atoms with Gasteiger partial charge in [0.05, 0.1) is 5.25 Å². The van der Waals surface area contributed by atoms with Gasteiger partial charge in [0, 0.05) is 11.8 Å². The number of carbonyl (C=O) groups is 1. The molecule has 0 aromatic carbocycles. The lowest BCUT2D eigenvalue weighted by atomic mass is 10.2. The molecule has 0 aliphatic carbocycles. The van der Waals surface area contributed by atoms with Crippen molar-refractivity contribution in [1.29, 1.82) is 0 Å². The molecule has 1 N–H and O–H groups in total. The van der Waals surface area contributed by atoms with Gasteiger partial charge in [0.2, 0.25) is 5.91 Å². The van der Waals surface area contributed by atoms with Crippen LogP contribution in [0, 0.1) is 0 Å². The average molecular weight is 187 g/mol. The van der Waals surface area contributed by atoms with Crippen LogP contribution >= 0.6 is 11.8 Å². The largest absolute Gasteiger partial charge is 0.352 e. The van der Waals surface area contributed by atoms with Gasteiger partial charge in [-0.05, 0) is 12.8 Å². The molecule has 1 aliphatic heterocycles. The second-order valence-electron chi connectivity index (χ2n) is 3.22. The maximum Gasteiger partial charge on any atom is 0.233 e. The fraction of sp³-hybridized carbons (Fsp3) is 0.889. The maximum absolute atomic E-state index is 11.4. The first kappa shape index (κ1) is 9.90. The average Bonchev–Trinajstić information content (AvgIpc) is 2.09. The summed E-state index contributed by atoms with van der Waals surface area (Å²) in [4.78, 5) is 11.4. The molecule has 70 valence electrons. The Hall–Kier alpha value is -0.180. The molecule has 1 aliphatic rings. The summed E-state index contributed by atoms with van der Waals surface area (Å²) in [6.07, 6.45) is 3.17. The first-order valence-electron chi connectivity index (χ1n) is 4.69. The molecule has 3 heteroatoms. The van der Waals surface area contributed by atoms with Crippen molar-refractivity contribution in [3.63, 3.8) is 0 Å². The van der Waals surface area contributed by atoms with E-state index in [-0.39, 0.29) is 11.2 Å². The summed E-state index contributed by atoms with van der Waals surface area (Å²) < 4.78 is 0. The van der Waals surface area contributed by atoms with Crippen LogP contribution in [0.15, 0.2) is 0 Å². The Morgan fingerprint density at radius 1 is 1.58 bits per heavy atom. The van der Waals surface area contributed by atoms with Gasteiger partial charge in [0.1, 0.15) is 0 Å². The van der Waals surface area contributed by atoms with Crippen molar-refractivity contribution < 1.29 is 4.79 Å². The van der Waals surface area contributed by atoms with Crippen molar-refractivity contribution in [2.45, 2.75) is 44.4 Å². The Balaban J connectivity index is 2.37. The summed E-state index contributed by atoms with van der Waals surface area (Å²) in [5.41, 5.74) is 0. The van der Waals surface area contributed by atoms with Crippen LogP contribution in [0.5, 0.6) is 0 Å². The first-order chi connectivity index (χ1) is 5.77. The van der Waals surface area contributed by atoms with Crippen molar-refractivity contribution in [2.75, 3.05) is 5.75 Å². The van der Waals surface area contributed by atoms with Crippen molar-refractivity contribution in [1.82, 2.24) is 5.32 Å². The van der Waals surface area contributed by atoms with E-state index in [4.69, 9.17) is 0 Å². The zero-order chi connectivity index (χ0) is 8.97. The van der Waals surface area contributed by atoms with Gasteiger partial charge in [-0.3, -0.25) is 4.79 Å². The van der Waals surface area contributed by atoms with Crippen molar-refractivity contribution in [3.8, 4) is 0 Å². The van der Waals surface area contributed by atoms with Gasteiger partial charge < -0.3 is 5.32 Å². The smallest absolute Gasteiger partial charge is 0.233 e. The van der Waals surface area contributed by atoms with Crippen LogP contribution in [0.2, 0.25) is 0 Å². The third kappa shape index (κ3) is 2.41. The molecule has 0 saturated carbocycles. The van der Waals surface area contributed by atoms with Gasteiger partial charge in [-0.2, -0.15) is 0 Å². The van der Waals surface area contributed by atoms with E-state index in [1.165, 1.54) is 0 Å². The summed E-state index contributed by atoms with van der Waals surface area (Å²) in [7, 11) is 0. The number of hydrogen-bond donors (Lipinski definition) is 1. The van der Waals surface area contributed by atoms with E-state index in [1.54, 1.807) is 0 Å². The normalized spacial score (nSPS) is 30.0. The molecule has 0 radical (unpaired) electrons. The number of rotatable bonds is 3. The van der Waals surface area contributed by atoms with Crippen LogP contribution < -0.4 is 5.32 Å². The van der Waals surface area contributed by atoms with Gasteiger partial charge in [-0.15, -0.1) is 11.8 Å². The highest BCUT2D eigenvalue weighted by Crippen LogP contribution is 2.22. The molecule has 0 bridgehead atoms. The number of carbonyl (C=O) groups excluding carboxylic acids is 1. The van der Waals surface area contributed by atoms with Gasteiger partial charge in [0.15, 0.2) is 0 Å². The van der Waals surface area contributed by atoms with Crippen LogP contribution in [-0.2, 0) is 4.79 Å². The number of hydrogen-bond acceptors (Lipinski definition) is 2. The molecular weight excluding hydrogens is 170 g/mol. The highest BCUT2D eigenvalue weighted by Gasteiger charge is 2.26. The van der Waals surface area contributed by atoms with E-state index in [0.717, 1.165) is 25.0 Å². The minimum absolute atomic E-state index is 0.220. The standard InChI is InChI=1S/C9H17NOS/c1-3-5-8-9(11)10-7(4-2)6-12-8/h7-8H,3-6H2,1-2H3,(H,10,11). The van der Waals surface area contributed by atoms with Crippen LogP contribution in [-0.4, -0.2) is 23.0 Å². The van der Waals surface area contributed by atoms with Gasteiger partial charge in [-0.1, -0.05) is 20.3 Å². The van der Waals surface area contributed by atoms with Crippen LogP contribution in [0.25, 0.3) is 0 Å². The van der Waals surface area contributed by atoms with Crippen LogP contribution in [0.4, 0.5) is 0 Å². The lowest BCUT2D eigenvalue weighted by Crippen LogP contribution is -2.46. The lowest BCUT2D eigenvalue weighted by molar-refractivity contribution is -0.121. The molecule has 1 fully saturated rings. The molecule has 2 atom stereocenters. The van der Waals surface area contributed by atoms with E-state index in [2.05, 4.69) is 19.2 Å². The van der Waals surface area contributed by atoms with E-state index in [0.29, 0.717) is 6.04 Å². The predicted molar refractivity (Wildman–Crippen MR) is 53.4 cm³/mol. The van der Waals surface area contributed by atoms with Gasteiger partial charge >= 0.3 is 0 Å². The number of amides is 1. The van der Waals surface area contributed by atoms with E-state index < -0.39 is 0 Å². The molecule has 2 nitrogen and oxygen atoms in total. The predicted octanol–water partition coefficient (Wildman–Crippen LogP) is 1.80. The second kappa shape index (κ2) is 4.75. The second-order valence-corrected chi connectivity index (χ2v) is 4.46. The Morgan fingerprint density at radius 2 is 2.33 bits per heavy atom. The van der Waals surface area contributed by atoms with Gasteiger partial charge in [-0.25, -0.2) is 0 Å². The molecule has 1 saturated heterocycles. The summed E-state index contributed by atoms with van der Waals surface area (Å²) in [6, 6.07) is 0.413. The van der Waals surface area contributed by atoms with Crippen LogP contribution in [0.3, 0.4) is 0 Å². The Kier molecular flexibility index (Phi) is 3.92. The van der Waals surface area contributed by atoms with Crippen LogP contribution in [0.1, 0.15) is 33.1 Å². The minimum atomic E-state index is 0.220. The zero-order valence-corrected chi connectivity index (χ0v) is 8.62. The highest BCUT2D eigenvalue weighted by molar-refractivity contribution is 8.00. The van der Waals surface area contributed by atoms with Gasteiger partial charge in [0.25, 0.3) is 0 Å². The topological polar surface area (TPSA) is 29.1 Å². The van der Waals surface area contributed by atoms with E-state index in [1.807, 2.05) is 11.8 Å². The Labute approximate surface area is 78.5 Å². The number of thioether (sulfide) groups is 1. The summed E-state index contributed by atoms with van der Waals surface area (Å²) >= 11 is 1.82. The third-order valence-electron chi connectivity index (χ3n) is 2.18. The van der Waals surface area contributed by atoms with E-state index in [9.17, 15) is 4.79 Å². The van der Waals surface area contributed by atoms with Crippen molar-refractivity contribution in [2.24, 2.45) is 0 Å². The third-order valence-corrected chi connectivity index (χ3v) is 3.63. The fourth-order valence-electron chi connectivity index (χ4n) is 1.34. The minimum Gasteiger partial charge on any atom is -0.352 e. The fourth-order valence-corrected chi connectivity index (χ4v) is 2.75. The summed E-state index contributed by atoms with van der Waals surface area (Å²) in [5, 5.41) is 3.26. The molecule has 1 amide bonds. The number of nitrogens with one attached hydrogen (secondary N) is 1. The molecule has 1 heterocycles. The Bertz CT molecular complexity index is 161. The maximum atomic E-state index is 11.4. The quantitative estimate of drug-likeness (QED) is 0.730. The van der Waals surface area contributed by atoms with Crippen molar-refractivity contribution in [3.05, 3.63) is 0 Å². The molecule has 12 heavy (non-hydrogen) atoms. The molecule has 0 aromatic heterocycles. The molecule has 0 spiro atoms. The molecule has 1 rings (SSSR count).